The molecule has 9 heteroatoms. The van der Waals surface area contributed by atoms with Crippen LogP contribution in [0.3, 0.4) is 0 Å². The van der Waals surface area contributed by atoms with Crippen molar-refractivity contribution in [3.8, 4) is 11.5 Å². The van der Waals surface area contributed by atoms with Crippen LogP contribution in [-0.2, 0) is 17.9 Å². The lowest BCUT2D eigenvalue weighted by Crippen LogP contribution is -2.27. The van der Waals surface area contributed by atoms with Crippen molar-refractivity contribution in [1.29, 1.82) is 0 Å². The van der Waals surface area contributed by atoms with E-state index in [1.807, 2.05) is 25.1 Å². The Morgan fingerprint density at radius 2 is 1.71 bits per heavy atom. The second kappa shape index (κ2) is 11.4. The molecule has 3 aromatic rings. The Labute approximate surface area is 222 Å². The van der Waals surface area contributed by atoms with E-state index in [0.29, 0.717) is 55.8 Å². The van der Waals surface area contributed by atoms with Crippen molar-refractivity contribution < 1.29 is 19.1 Å². The van der Waals surface area contributed by atoms with Crippen LogP contribution in [0, 0.1) is 0 Å². The topological polar surface area (TPSA) is 55.8 Å². The van der Waals surface area contributed by atoms with Gasteiger partial charge in [0.2, 0.25) is 0 Å². The largest absolute Gasteiger partial charge is 0.490 e. The third-order valence-corrected chi connectivity index (χ3v) is 6.80. The average molecular weight is 549 g/mol. The number of imide groups is 1. The second-order valence-electron chi connectivity index (χ2n) is 7.56. The van der Waals surface area contributed by atoms with Crippen LogP contribution in [0.15, 0.2) is 65.6 Å². The van der Waals surface area contributed by atoms with Gasteiger partial charge in [0.15, 0.2) is 11.5 Å². The predicted molar refractivity (Wildman–Crippen MR) is 141 cm³/mol. The van der Waals surface area contributed by atoms with Crippen LogP contribution >= 0.6 is 46.6 Å². The van der Waals surface area contributed by atoms with Gasteiger partial charge in [0.05, 0.1) is 18.1 Å². The van der Waals surface area contributed by atoms with Crippen molar-refractivity contribution in [3.05, 3.63) is 97.3 Å². The molecule has 1 fully saturated rings. The van der Waals surface area contributed by atoms with Crippen LogP contribution in [0.1, 0.15) is 23.6 Å². The summed E-state index contributed by atoms with van der Waals surface area (Å²) in [6, 6.07) is 17.7. The lowest BCUT2D eigenvalue weighted by molar-refractivity contribution is -0.123. The number of amides is 2. The third kappa shape index (κ3) is 6.33. The van der Waals surface area contributed by atoms with E-state index in [4.69, 9.17) is 44.3 Å². The number of hydrogen-bond acceptors (Lipinski definition) is 5. The highest BCUT2D eigenvalue weighted by atomic mass is 35.5. The lowest BCUT2D eigenvalue weighted by atomic mass is 10.1. The number of thioether (sulfide) groups is 1. The molecule has 0 unspecified atom stereocenters. The SMILES string of the molecule is CCOc1cc(/C=C2\SC(=O)N(Cc3ccc(Cl)cc3Cl)C2=O)ccc1OCc1cccc(Cl)c1. The van der Waals surface area contributed by atoms with Crippen molar-refractivity contribution in [3.63, 3.8) is 0 Å². The molecule has 0 radical (unpaired) electrons. The van der Waals surface area contributed by atoms with E-state index in [2.05, 4.69) is 0 Å². The molecule has 0 spiro atoms. The van der Waals surface area contributed by atoms with Gasteiger partial charge in [-0.2, -0.15) is 0 Å². The first kappa shape index (κ1) is 25.5. The molecule has 1 heterocycles. The normalized spacial score (nSPS) is 14.6. The van der Waals surface area contributed by atoms with Crippen LogP contribution < -0.4 is 9.47 Å². The highest BCUT2D eigenvalue weighted by Gasteiger charge is 2.35. The number of halogens is 3. The Morgan fingerprint density at radius 1 is 0.914 bits per heavy atom. The van der Waals surface area contributed by atoms with E-state index in [1.54, 1.807) is 48.5 Å². The Kier molecular flexibility index (Phi) is 8.29. The molecule has 0 bridgehead atoms. The Balaban J connectivity index is 1.51. The number of nitrogens with zero attached hydrogens (tertiary/aromatic N) is 1. The van der Waals surface area contributed by atoms with Crippen molar-refractivity contribution in [2.24, 2.45) is 0 Å². The molecule has 5 nitrogen and oxygen atoms in total. The Bertz CT molecular complexity index is 1310. The molecule has 1 aliphatic heterocycles. The molecule has 2 amide bonds. The van der Waals surface area contributed by atoms with Gasteiger partial charge in [-0.1, -0.05) is 59.1 Å². The summed E-state index contributed by atoms with van der Waals surface area (Å²) in [7, 11) is 0. The number of carbonyl (C=O) groups is 2. The minimum Gasteiger partial charge on any atom is -0.490 e. The molecule has 180 valence electrons. The summed E-state index contributed by atoms with van der Waals surface area (Å²) in [6.45, 7) is 2.71. The van der Waals surface area contributed by atoms with Gasteiger partial charge in [0, 0.05) is 15.1 Å². The van der Waals surface area contributed by atoms with Crippen molar-refractivity contribution >= 4 is 63.8 Å². The van der Waals surface area contributed by atoms with Crippen molar-refractivity contribution in [1.82, 2.24) is 4.90 Å². The molecular formula is C26H20Cl3NO4S. The molecule has 0 atom stereocenters. The van der Waals surface area contributed by atoms with E-state index >= 15 is 0 Å². The zero-order chi connectivity index (χ0) is 24.9. The summed E-state index contributed by atoms with van der Waals surface area (Å²) in [5, 5.41) is 1.16. The minimum absolute atomic E-state index is 0.0679. The molecule has 0 aromatic heterocycles. The summed E-state index contributed by atoms with van der Waals surface area (Å²) < 4.78 is 11.7. The predicted octanol–water partition coefficient (Wildman–Crippen LogP) is 7.86. The number of ether oxygens (including phenoxy) is 2. The van der Waals surface area contributed by atoms with Gasteiger partial charge in [0.25, 0.3) is 11.1 Å². The standard InChI is InChI=1S/C26H20Cl3NO4S/c1-2-33-23-11-16(6-9-22(23)34-15-17-4-3-5-19(27)10-17)12-24-25(31)30(26(32)35-24)14-18-7-8-20(28)13-21(18)29/h3-13H,2,14-15H2,1H3/b24-12-. The van der Waals surface area contributed by atoms with Crippen LogP contribution in [0.5, 0.6) is 11.5 Å². The number of carbonyl (C=O) groups excluding carboxylic acids is 2. The molecule has 3 aromatic carbocycles. The fourth-order valence-electron chi connectivity index (χ4n) is 3.40. The minimum atomic E-state index is -0.384. The molecule has 0 saturated carbocycles. The van der Waals surface area contributed by atoms with Gasteiger partial charge in [-0.15, -0.1) is 0 Å². The van der Waals surface area contributed by atoms with Gasteiger partial charge < -0.3 is 9.47 Å². The highest BCUT2D eigenvalue weighted by molar-refractivity contribution is 8.18. The first-order valence-electron chi connectivity index (χ1n) is 10.7. The molecule has 1 aliphatic rings. The summed E-state index contributed by atoms with van der Waals surface area (Å²) >= 11 is 19.1. The third-order valence-electron chi connectivity index (χ3n) is 5.07. The van der Waals surface area contributed by atoms with Crippen LogP contribution in [0.25, 0.3) is 6.08 Å². The van der Waals surface area contributed by atoms with Crippen molar-refractivity contribution in [2.75, 3.05) is 6.61 Å². The maximum Gasteiger partial charge on any atom is 0.293 e. The van der Waals surface area contributed by atoms with Crippen molar-refractivity contribution in [2.45, 2.75) is 20.1 Å². The molecule has 4 rings (SSSR count). The van der Waals surface area contributed by atoms with Crippen LogP contribution in [-0.4, -0.2) is 22.7 Å². The van der Waals surface area contributed by atoms with E-state index in [0.717, 1.165) is 22.2 Å². The van der Waals surface area contributed by atoms with Gasteiger partial charge in [-0.05, 0) is 77.9 Å². The molecule has 1 saturated heterocycles. The summed E-state index contributed by atoms with van der Waals surface area (Å²) in [5.74, 6) is 0.718. The molecule has 0 aliphatic carbocycles. The maximum absolute atomic E-state index is 12.9. The summed E-state index contributed by atoms with van der Waals surface area (Å²) in [5.41, 5.74) is 2.27. The zero-order valence-electron chi connectivity index (χ0n) is 18.6. The first-order valence-corrected chi connectivity index (χ1v) is 12.6. The second-order valence-corrected chi connectivity index (χ2v) is 9.83. The maximum atomic E-state index is 12.9. The van der Waals surface area contributed by atoms with E-state index < -0.39 is 0 Å². The number of rotatable bonds is 8. The van der Waals surface area contributed by atoms with Gasteiger partial charge in [-0.25, -0.2) is 0 Å². The lowest BCUT2D eigenvalue weighted by Gasteiger charge is -2.14. The highest BCUT2D eigenvalue weighted by Crippen LogP contribution is 2.36. The van der Waals surface area contributed by atoms with E-state index in [1.165, 1.54) is 0 Å². The van der Waals surface area contributed by atoms with Gasteiger partial charge in [0.1, 0.15) is 6.61 Å². The van der Waals surface area contributed by atoms with Gasteiger partial charge in [-0.3, -0.25) is 14.5 Å². The number of benzene rings is 3. The fraction of sp³-hybridized carbons (Fsp3) is 0.154. The average Bonchev–Trinajstić information content (AvgIpc) is 3.08. The van der Waals surface area contributed by atoms with Crippen LogP contribution in [0.2, 0.25) is 15.1 Å². The van der Waals surface area contributed by atoms with Crippen LogP contribution in [0.4, 0.5) is 4.79 Å². The zero-order valence-corrected chi connectivity index (χ0v) is 21.7. The Hall–Kier alpha value is -2.64. The smallest absolute Gasteiger partial charge is 0.293 e. The summed E-state index contributed by atoms with van der Waals surface area (Å²) in [4.78, 5) is 27.0. The van der Waals surface area contributed by atoms with Gasteiger partial charge >= 0.3 is 0 Å². The molecular weight excluding hydrogens is 529 g/mol. The quantitative estimate of drug-likeness (QED) is 0.268. The van der Waals surface area contributed by atoms with E-state index in [9.17, 15) is 9.59 Å². The molecule has 35 heavy (non-hydrogen) atoms. The Morgan fingerprint density at radius 3 is 2.46 bits per heavy atom. The van der Waals surface area contributed by atoms with E-state index in [-0.39, 0.29) is 17.7 Å². The summed E-state index contributed by atoms with van der Waals surface area (Å²) in [6.07, 6.45) is 1.66. The number of hydrogen-bond donors (Lipinski definition) is 0. The first-order chi connectivity index (χ1) is 16.8. The molecule has 0 N–H and O–H groups in total. The fourth-order valence-corrected chi connectivity index (χ4v) is 4.92. The monoisotopic (exact) mass is 547 g/mol.